The minimum absolute atomic E-state index is 0.549. The molecule has 15 heavy (non-hydrogen) atoms. The van der Waals surface area contributed by atoms with Gasteiger partial charge in [-0.05, 0) is 46.7 Å². The Labute approximate surface area is 94.2 Å². The summed E-state index contributed by atoms with van der Waals surface area (Å²) in [5.41, 5.74) is 0. The predicted molar refractivity (Wildman–Crippen MR) is 64.2 cm³/mol. The van der Waals surface area contributed by atoms with E-state index in [9.17, 15) is 0 Å². The van der Waals surface area contributed by atoms with E-state index < -0.39 is 0 Å². The third-order valence-electron chi connectivity index (χ3n) is 3.30. The van der Waals surface area contributed by atoms with Crippen LogP contribution in [0.1, 0.15) is 33.6 Å². The molecule has 1 saturated heterocycles. The second-order valence-corrected chi connectivity index (χ2v) is 4.89. The molecule has 1 aliphatic rings. The van der Waals surface area contributed by atoms with Crippen molar-refractivity contribution in [3.05, 3.63) is 0 Å². The van der Waals surface area contributed by atoms with Crippen LogP contribution in [0.2, 0.25) is 0 Å². The molecule has 3 nitrogen and oxygen atoms in total. The van der Waals surface area contributed by atoms with Gasteiger partial charge in [0.25, 0.3) is 0 Å². The lowest BCUT2D eigenvalue weighted by molar-refractivity contribution is 0.0881. The van der Waals surface area contributed by atoms with Crippen molar-refractivity contribution in [2.75, 3.05) is 26.8 Å². The normalized spacial score (nSPS) is 32.0. The van der Waals surface area contributed by atoms with Crippen LogP contribution in [0.25, 0.3) is 0 Å². The Morgan fingerprint density at radius 3 is 2.27 bits per heavy atom. The first-order valence-electron chi connectivity index (χ1n) is 6.12. The lowest BCUT2D eigenvalue weighted by atomic mass is 10.1. The van der Waals surface area contributed by atoms with E-state index in [0.717, 1.165) is 6.61 Å². The molecule has 1 rings (SSSR count). The molecule has 0 aromatic heterocycles. The van der Waals surface area contributed by atoms with Gasteiger partial charge in [-0.15, -0.1) is 0 Å². The van der Waals surface area contributed by atoms with E-state index in [2.05, 4.69) is 31.0 Å². The van der Waals surface area contributed by atoms with E-state index in [1.54, 1.807) is 7.11 Å². The summed E-state index contributed by atoms with van der Waals surface area (Å²) in [6.45, 7) is 10.0. The second-order valence-electron chi connectivity index (χ2n) is 4.89. The molecule has 3 unspecified atom stereocenters. The molecule has 0 saturated carbocycles. The third-order valence-corrected chi connectivity index (χ3v) is 3.30. The van der Waals surface area contributed by atoms with Crippen LogP contribution < -0.4 is 5.32 Å². The van der Waals surface area contributed by atoms with Gasteiger partial charge in [0.15, 0.2) is 0 Å². The van der Waals surface area contributed by atoms with Crippen LogP contribution in [0.15, 0.2) is 0 Å². The highest BCUT2D eigenvalue weighted by Gasteiger charge is 2.19. The zero-order valence-corrected chi connectivity index (χ0v) is 10.6. The topological polar surface area (TPSA) is 24.5 Å². The van der Waals surface area contributed by atoms with Crippen molar-refractivity contribution < 1.29 is 4.74 Å². The van der Waals surface area contributed by atoms with Gasteiger partial charge < -0.3 is 10.1 Å². The standard InChI is InChI=1S/C12H26N2O/c1-10-5-7-14(12(3)9-15-4)8-6-11(2)13-10/h10-13H,5-9H2,1-4H3. The van der Waals surface area contributed by atoms with E-state index in [1.165, 1.54) is 25.9 Å². The first kappa shape index (κ1) is 12.9. The maximum atomic E-state index is 5.23. The number of ether oxygens (including phenoxy) is 1. The molecule has 0 spiro atoms. The predicted octanol–water partition coefficient (Wildman–Crippen LogP) is 1.48. The Hall–Kier alpha value is -0.120. The van der Waals surface area contributed by atoms with E-state index in [4.69, 9.17) is 4.74 Å². The number of nitrogens with zero attached hydrogens (tertiary/aromatic N) is 1. The highest BCUT2D eigenvalue weighted by atomic mass is 16.5. The van der Waals surface area contributed by atoms with Crippen LogP contribution in [0.3, 0.4) is 0 Å². The number of hydrogen-bond acceptors (Lipinski definition) is 3. The Balaban J connectivity index is 2.43. The SMILES string of the molecule is COCC(C)N1CCC(C)NC(C)CC1. The summed E-state index contributed by atoms with van der Waals surface area (Å²) in [5.74, 6) is 0. The van der Waals surface area contributed by atoms with Gasteiger partial charge in [0.2, 0.25) is 0 Å². The fourth-order valence-electron chi connectivity index (χ4n) is 2.27. The summed E-state index contributed by atoms with van der Waals surface area (Å²) in [6, 6.07) is 1.82. The summed E-state index contributed by atoms with van der Waals surface area (Å²) in [6.07, 6.45) is 2.47. The number of nitrogens with one attached hydrogen (secondary N) is 1. The van der Waals surface area contributed by atoms with E-state index in [-0.39, 0.29) is 0 Å². The molecule has 90 valence electrons. The molecule has 0 bridgehead atoms. The van der Waals surface area contributed by atoms with Crippen LogP contribution in [-0.2, 0) is 4.74 Å². The Kier molecular flexibility index (Phi) is 5.58. The Bertz CT molecular complexity index is 163. The Morgan fingerprint density at radius 2 is 1.80 bits per heavy atom. The lowest BCUT2D eigenvalue weighted by Gasteiger charge is -2.34. The zero-order chi connectivity index (χ0) is 11.3. The van der Waals surface area contributed by atoms with Gasteiger partial charge in [-0.3, -0.25) is 4.90 Å². The fourth-order valence-corrected chi connectivity index (χ4v) is 2.27. The molecular weight excluding hydrogens is 188 g/mol. The average Bonchev–Trinajstić information content (AvgIpc) is 2.15. The summed E-state index contributed by atoms with van der Waals surface area (Å²) < 4.78 is 5.23. The molecule has 1 heterocycles. The van der Waals surface area contributed by atoms with Crippen LogP contribution in [0, 0.1) is 0 Å². The molecule has 0 aromatic carbocycles. The monoisotopic (exact) mass is 214 g/mol. The van der Waals surface area contributed by atoms with Crippen molar-refractivity contribution in [2.45, 2.75) is 51.7 Å². The molecule has 0 radical (unpaired) electrons. The molecule has 3 heteroatoms. The first-order valence-corrected chi connectivity index (χ1v) is 6.12. The van der Waals surface area contributed by atoms with Gasteiger partial charge in [-0.1, -0.05) is 0 Å². The maximum Gasteiger partial charge on any atom is 0.0615 e. The summed E-state index contributed by atoms with van der Waals surface area (Å²) in [7, 11) is 1.79. The van der Waals surface area contributed by atoms with Crippen molar-refractivity contribution in [2.24, 2.45) is 0 Å². The van der Waals surface area contributed by atoms with Gasteiger partial charge in [0.1, 0.15) is 0 Å². The second kappa shape index (κ2) is 6.46. The molecule has 1 N–H and O–H groups in total. The molecule has 3 atom stereocenters. The molecule has 0 amide bonds. The maximum absolute atomic E-state index is 5.23. The van der Waals surface area contributed by atoms with E-state index in [1.807, 2.05) is 0 Å². The van der Waals surface area contributed by atoms with Gasteiger partial charge in [0, 0.05) is 25.2 Å². The van der Waals surface area contributed by atoms with Crippen molar-refractivity contribution in [3.63, 3.8) is 0 Å². The Morgan fingerprint density at radius 1 is 1.27 bits per heavy atom. The van der Waals surface area contributed by atoms with Crippen molar-refractivity contribution in [1.29, 1.82) is 0 Å². The molecule has 0 aliphatic carbocycles. The van der Waals surface area contributed by atoms with Gasteiger partial charge in [-0.2, -0.15) is 0 Å². The zero-order valence-electron chi connectivity index (χ0n) is 10.6. The third kappa shape index (κ3) is 4.49. The highest BCUT2D eigenvalue weighted by Crippen LogP contribution is 2.09. The van der Waals surface area contributed by atoms with Crippen LogP contribution in [0.4, 0.5) is 0 Å². The quantitative estimate of drug-likeness (QED) is 0.770. The van der Waals surface area contributed by atoms with Crippen LogP contribution >= 0.6 is 0 Å². The summed E-state index contributed by atoms with van der Waals surface area (Å²) in [5, 5.41) is 3.62. The molecule has 1 aliphatic heterocycles. The van der Waals surface area contributed by atoms with Gasteiger partial charge in [0.05, 0.1) is 6.61 Å². The number of hydrogen-bond donors (Lipinski definition) is 1. The van der Waals surface area contributed by atoms with Crippen LogP contribution in [-0.4, -0.2) is 49.8 Å². The van der Waals surface area contributed by atoms with E-state index in [0.29, 0.717) is 18.1 Å². The largest absolute Gasteiger partial charge is 0.383 e. The molecule has 1 fully saturated rings. The number of rotatable bonds is 3. The highest BCUT2D eigenvalue weighted by molar-refractivity contribution is 4.77. The van der Waals surface area contributed by atoms with E-state index >= 15 is 0 Å². The molecule has 0 aromatic rings. The fraction of sp³-hybridized carbons (Fsp3) is 1.00. The smallest absolute Gasteiger partial charge is 0.0615 e. The average molecular weight is 214 g/mol. The minimum Gasteiger partial charge on any atom is -0.383 e. The first-order chi connectivity index (χ1) is 7.13. The summed E-state index contributed by atoms with van der Waals surface area (Å²) in [4.78, 5) is 2.55. The van der Waals surface area contributed by atoms with Crippen molar-refractivity contribution >= 4 is 0 Å². The minimum atomic E-state index is 0.549. The van der Waals surface area contributed by atoms with Gasteiger partial charge >= 0.3 is 0 Å². The number of methoxy groups -OCH3 is 1. The van der Waals surface area contributed by atoms with Crippen LogP contribution in [0.5, 0.6) is 0 Å². The van der Waals surface area contributed by atoms with Gasteiger partial charge in [-0.25, -0.2) is 0 Å². The molecular formula is C12H26N2O. The summed E-state index contributed by atoms with van der Waals surface area (Å²) >= 11 is 0. The van der Waals surface area contributed by atoms with Crippen molar-refractivity contribution in [3.8, 4) is 0 Å². The lowest BCUT2D eigenvalue weighted by Crippen LogP contribution is -2.46. The van der Waals surface area contributed by atoms with Crippen molar-refractivity contribution in [1.82, 2.24) is 10.2 Å².